The van der Waals surface area contributed by atoms with Crippen LogP contribution in [0.2, 0.25) is 0 Å². The van der Waals surface area contributed by atoms with Crippen LogP contribution in [0.25, 0.3) is 0 Å². The minimum absolute atomic E-state index is 0.161. The highest BCUT2D eigenvalue weighted by atomic mass is 32.1. The highest BCUT2D eigenvalue weighted by Crippen LogP contribution is 2.21. The quantitative estimate of drug-likeness (QED) is 0.620. The van der Waals surface area contributed by atoms with Gasteiger partial charge in [0.25, 0.3) is 0 Å². The van der Waals surface area contributed by atoms with Gasteiger partial charge in [0.05, 0.1) is 11.7 Å². The molecule has 2 rings (SSSR count). The smallest absolute Gasteiger partial charge is 0.338 e. The summed E-state index contributed by atoms with van der Waals surface area (Å²) in [6.45, 7) is 6.04. The molecule has 5 nitrogen and oxygen atoms in total. The largest absolute Gasteiger partial charge is 0.472 e. The number of aromatic nitrogens is 2. The standard InChI is InChI=1S/C17H22N2O3S/c1-4-6-13-7-5-8-14(17(20)22-12(2)3)15(13)11-21-16-9-10-19(23)18-16/h5,7-10,12,23H,4,6,11H2,1-3H3. The van der Waals surface area contributed by atoms with Gasteiger partial charge in [-0.3, -0.25) is 0 Å². The first-order chi connectivity index (χ1) is 11.0. The SMILES string of the molecule is CCCc1cccc(C(=O)OC(C)C)c1COc1ccn(S)n1. The topological polar surface area (TPSA) is 53.4 Å². The van der Waals surface area contributed by atoms with Crippen molar-refractivity contribution in [2.24, 2.45) is 0 Å². The van der Waals surface area contributed by atoms with Crippen molar-refractivity contribution < 1.29 is 14.3 Å². The molecule has 0 N–H and O–H groups in total. The molecule has 0 saturated carbocycles. The van der Waals surface area contributed by atoms with E-state index in [1.807, 2.05) is 26.0 Å². The molecule has 0 spiro atoms. The molecule has 124 valence electrons. The zero-order valence-corrected chi connectivity index (χ0v) is 14.5. The van der Waals surface area contributed by atoms with E-state index in [9.17, 15) is 4.79 Å². The van der Waals surface area contributed by atoms with Crippen molar-refractivity contribution in [3.8, 4) is 5.88 Å². The van der Waals surface area contributed by atoms with E-state index in [0.29, 0.717) is 11.4 Å². The highest BCUT2D eigenvalue weighted by molar-refractivity contribution is 7.78. The van der Waals surface area contributed by atoms with E-state index in [0.717, 1.165) is 24.0 Å². The van der Waals surface area contributed by atoms with Gasteiger partial charge in [0.15, 0.2) is 0 Å². The van der Waals surface area contributed by atoms with Crippen LogP contribution in [-0.4, -0.2) is 21.3 Å². The number of hydrogen-bond acceptors (Lipinski definition) is 5. The van der Waals surface area contributed by atoms with Gasteiger partial charge in [-0.1, -0.05) is 25.5 Å². The third-order valence-corrected chi connectivity index (χ3v) is 3.49. The minimum Gasteiger partial charge on any atom is -0.472 e. The summed E-state index contributed by atoms with van der Waals surface area (Å²) >= 11 is 4.08. The van der Waals surface area contributed by atoms with Gasteiger partial charge in [0.2, 0.25) is 5.88 Å². The summed E-state index contributed by atoms with van der Waals surface area (Å²) in [5.74, 6) is 0.144. The molecule has 0 aliphatic carbocycles. The first-order valence-corrected chi connectivity index (χ1v) is 8.10. The molecule has 1 aromatic heterocycles. The van der Waals surface area contributed by atoms with Crippen LogP contribution in [-0.2, 0) is 17.8 Å². The zero-order chi connectivity index (χ0) is 16.8. The highest BCUT2D eigenvalue weighted by Gasteiger charge is 2.17. The fourth-order valence-electron chi connectivity index (χ4n) is 2.30. The first kappa shape index (κ1) is 17.4. The Morgan fingerprint density at radius 3 is 2.74 bits per heavy atom. The Bertz CT molecular complexity index is 668. The predicted octanol–water partition coefficient (Wildman–Crippen LogP) is 3.67. The molecule has 0 amide bonds. The second kappa shape index (κ2) is 8.06. The van der Waals surface area contributed by atoms with E-state index >= 15 is 0 Å². The molecule has 2 aromatic rings. The van der Waals surface area contributed by atoms with E-state index in [1.165, 1.54) is 4.09 Å². The second-order valence-electron chi connectivity index (χ2n) is 5.51. The van der Waals surface area contributed by atoms with Gasteiger partial charge >= 0.3 is 5.97 Å². The normalized spacial score (nSPS) is 10.8. The molecule has 1 aromatic carbocycles. The van der Waals surface area contributed by atoms with Crippen molar-refractivity contribution in [2.45, 2.75) is 46.3 Å². The first-order valence-electron chi connectivity index (χ1n) is 7.70. The summed E-state index contributed by atoms with van der Waals surface area (Å²) in [5.41, 5.74) is 2.50. The summed E-state index contributed by atoms with van der Waals surface area (Å²) in [6.07, 6.45) is 3.39. The van der Waals surface area contributed by atoms with Crippen LogP contribution in [0.5, 0.6) is 5.88 Å². The van der Waals surface area contributed by atoms with Crippen molar-refractivity contribution in [2.75, 3.05) is 0 Å². The molecule has 0 radical (unpaired) electrons. The van der Waals surface area contributed by atoms with Gasteiger partial charge < -0.3 is 9.47 Å². The van der Waals surface area contributed by atoms with Crippen LogP contribution in [0.3, 0.4) is 0 Å². The Hall–Kier alpha value is -1.95. The van der Waals surface area contributed by atoms with Gasteiger partial charge in [0.1, 0.15) is 6.61 Å². The van der Waals surface area contributed by atoms with Crippen LogP contribution in [0.1, 0.15) is 48.7 Å². The van der Waals surface area contributed by atoms with Gasteiger partial charge in [-0.05, 0) is 44.7 Å². The lowest BCUT2D eigenvalue weighted by Crippen LogP contribution is -2.16. The van der Waals surface area contributed by atoms with Crippen LogP contribution in [0, 0.1) is 0 Å². The summed E-state index contributed by atoms with van der Waals surface area (Å²) < 4.78 is 12.4. The summed E-state index contributed by atoms with van der Waals surface area (Å²) in [6, 6.07) is 7.40. The molecule has 0 fully saturated rings. The molecule has 6 heteroatoms. The number of thiol groups is 1. The van der Waals surface area contributed by atoms with Crippen molar-refractivity contribution in [1.82, 2.24) is 9.19 Å². The van der Waals surface area contributed by atoms with Gasteiger partial charge in [-0.25, -0.2) is 8.88 Å². The molecule has 1 heterocycles. The number of rotatable bonds is 7. The molecular formula is C17H22N2O3S. The van der Waals surface area contributed by atoms with Crippen LogP contribution in [0.15, 0.2) is 30.5 Å². The second-order valence-corrected chi connectivity index (χ2v) is 5.92. The average Bonchev–Trinajstić information content (AvgIpc) is 2.91. The number of carbonyl (C=O) groups is 1. The maximum absolute atomic E-state index is 12.3. The van der Waals surface area contributed by atoms with Crippen LogP contribution in [0.4, 0.5) is 0 Å². The Morgan fingerprint density at radius 2 is 2.13 bits per heavy atom. The Labute approximate surface area is 142 Å². The maximum atomic E-state index is 12.3. The van der Waals surface area contributed by atoms with Gasteiger partial charge in [-0.15, -0.1) is 5.10 Å². The van der Waals surface area contributed by atoms with E-state index in [4.69, 9.17) is 9.47 Å². The Kier molecular flexibility index (Phi) is 6.10. The number of ether oxygens (including phenoxy) is 2. The fraction of sp³-hybridized carbons (Fsp3) is 0.412. The number of esters is 1. The van der Waals surface area contributed by atoms with Gasteiger partial charge in [0, 0.05) is 17.8 Å². The molecule has 23 heavy (non-hydrogen) atoms. The number of benzene rings is 1. The lowest BCUT2D eigenvalue weighted by Gasteiger charge is -2.15. The molecule has 0 bridgehead atoms. The molecule has 0 aliphatic heterocycles. The third-order valence-electron chi connectivity index (χ3n) is 3.27. The van der Waals surface area contributed by atoms with E-state index in [-0.39, 0.29) is 18.7 Å². The number of nitrogens with zero attached hydrogens (tertiary/aromatic N) is 2. The Morgan fingerprint density at radius 1 is 1.35 bits per heavy atom. The molecule has 0 unspecified atom stereocenters. The number of aryl methyl sites for hydroxylation is 1. The minimum atomic E-state index is -0.323. The summed E-state index contributed by atoms with van der Waals surface area (Å²) in [7, 11) is 0. The van der Waals surface area contributed by atoms with Crippen molar-refractivity contribution in [1.29, 1.82) is 0 Å². The van der Waals surface area contributed by atoms with Crippen molar-refractivity contribution >= 4 is 18.8 Å². The van der Waals surface area contributed by atoms with Crippen molar-refractivity contribution in [3.05, 3.63) is 47.2 Å². The van der Waals surface area contributed by atoms with Crippen molar-refractivity contribution in [3.63, 3.8) is 0 Å². The van der Waals surface area contributed by atoms with Crippen LogP contribution < -0.4 is 4.74 Å². The lowest BCUT2D eigenvalue weighted by molar-refractivity contribution is 0.0374. The average molecular weight is 334 g/mol. The van der Waals surface area contributed by atoms with E-state index in [1.54, 1.807) is 18.3 Å². The number of hydrogen-bond donors (Lipinski definition) is 1. The molecule has 0 saturated heterocycles. The van der Waals surface area contributed by atoms with E-state index < -0.39 is 0 Å². The predicted molar refractivity (Wildman–Crippen MR) is 91.9 cm³/mol. The van der Waals surface area contributed by atoms with Gasteiger partial charge in [-0.2, -0.15) is 0 Å². The summed E-state index contributed by atoms with van der Waals surface area (Å²) in [4.78, 5) is 12.3. The lowest BCUT2D eigenvalue weighted by atomic mass is 9.98. The maximum Gasteiger partial charge on any atom is 0.338 e. The number of carbonyl (C=O) groups excluding carboxylic acids is 1. The Balaban J connectivity index is 2.26. The molecule has 0 aliphatic rings. The summed E-state index contributed by atoms with van der Waals surface area (Å²) in [5, 5.41) is 4.07. The molecular weight excluding hydrogens is 312 g/mol. The van der Waals surface area contributed by atoms with Crippen LogP contribution >= 0.6 is 12.8 Å². The monoisotopic (exact) mass is 334 g/mol. The molecule has 0 atom stereocenters. The fourth-order valence-corrected chi connectivity index (χ4v) is 2.45. The zero-order valence-electron chi connectivity index (χ0n) is 13.7. The van der Waals surface area contributed by atoms with E-state index in [2.05, 4.69) is 24.8 Å². The third kappa shape index (κ3) is 4.76.